The monoisotopic (exact) mass is 447 g/mol. The quantitative estimate of drug-likeness (QED) is 0.622. The number of nitrogens with zero attached hydrogens (tertiary/aromatic N) is 7. The normalized spacial score (nSPS) is 16.6. The van der Waals surface area contributed by atoms with Crippen molar-refractivity contribution in [1.82, 2.24) is 29.6 Å². The van der Waals surface area contributed by atoms with Crippen LogP contribution in [0.3, 0.4) is 0 Å². The van der Waals surface area contributed by atoms with Gasteiger partial charge in [0.25, 0.3) is 0 Å². The average molecular weight is 447 g/mol. The molecule has 0 unspecified atom stereocenters. The first-order valence-electron chi connectivity index (χ1n) is 9.92. The molecule has 11 nitrogen and oxygen atoms in total. The Kier molecular flexibility index (Phi) is 5.63. The van der Waals surface area contributed by atoms with E-state index < -0.39 is 6.61 Å². The Morgan fingerprint density at radius 2 is 2.09 bits per heavy atom. The maximum absolute atomic E-state index is 12.8. The molecular formula is C19H23F2N9O2. The molecule has 3 aromatic rings. The van der Waals surface area contributed by atoms with Crippen molar-refractivity contribution in [1.29, 1.82) is 0 Å². The number of nitrogens with one attached hydrogen (secondary N) is 1. The van der Waals surface area contributed by atoms with Gasteiger partial charge in [0.2, 0.25) is 11.8 Å². The van der Waals surface area contributed by atoms with E-state index in [1.54, 1.807) is 29.7 Å². The maximum Gasteiger partial charge on any atom is 0.388 e. The minimum absolute atomic E-state index is 0.0479. The highest BCUT2D eigenvalue weighted by Crippen LogP contribution is 2.28. The number of nitrogens with two attached hydrogens (primary N) is 1. The van der Waals surface area contributed by atoms with Gasteiger partial charge >= 0.3 is 12.6 Å². The fourth-order valence-electron chi connectivity index (χ4n) is 3.71. The number of aryl methyl sites for hydroxylation is 2. The Balaban J connectivity index is 1.45. The zero-order chi connectivity index (χ0) is 23.0. The average Bonchev–Trinajstić information content (AvgIpc) is 3.09. The van der Waals surface area contributed by atoms with Gasteiger partial charge < -0.3 is 25.6 Å². The second-order valence-electron chi connectivity index (χ2n) is 7.55. The van der Waals surface area contributed by atoms with Gasteiger partial charge in [-0.05, 0) is 19.4 Å². The van der Waals surface area contributed by atoms with E-state index in [2.05, 4.69) is 35.0 Å². The van der Waals surface area contributed by atoms with E-state index in [0.29, 0.717) is 42.4 Å². The minimum atomic E-state index is -2.96. The summed E-state index contributed by atoms with van der Waals surface area (Å²) in [4.78, 5) is 29.0. The lowest BCUT2D eigenvalue weighted by Gasteiger charge is -2.40. The lowest BCUT2D eigenvalue weighted by Crippen LogP contribution is -2.55. The Labute approximate surface area is 182 Å². The Morgan fingerprint density at radius 3 is 2.78 bits per heavy atom. The summed E-state index contributed by atoms with van der Waals surface area (Å²) in [5.41, 5.74) is 7.52. The molecule has 0 saturated carbocycles. The smallest absolute Gasteiger partial charge is 0.388 e. The largest absolute Gasteiger partial charge is 0.417 e. The number of urea groups is 1. The Morgan fingerprint density at radius 1 is 1.31 bits per heavy atom. The van der Waals surface area contributed by atoms with Crippen molar-refractivity contribution in [3.05, 3.63) is 24.0 Å². The third-order valence-electron chi connectivity index (χ3n) is 5.31. The van der Waals surface area contributed by atoms with Crippen LogP contribution in [-0.4, -0.2) is 68.0 Å². The first-order valence-corrected chi connectivity index (χ1v) is 9.92. The van der Waals surface area contributed by atoms with Gasteiger partial charge in [0.05, 0.1) is 23.5 Å². The standard InChI is InChI=1S/C19H23F2N9O2/c1-10-6-14(32-17(20)21)23-8-13(10)25-19(31)29-4-5-30(11(2)9-29)16-12-7-24-28(3)15(12)26-18(22)27-16/h6-8,11,17H,4-5,9H2,1-3H3,(H,25,31)(H2,22,26,27)/t11-/m0/s1. The Hall–Kier alpha value is -3.77. The minimum Gasteiger partial charge on any atom is -0.417 e. The number of hydrogen-bond donors (Lipinski definition) is 2. The number of carbonyl (C=O) groups excluding carboxylic acids is 1. The molecule has 0 spiro atoms. The summed E-state index contributed by atoms with van der Waals surface area (Å²) in [5, 5.41) is 7.81. The van der Waals surface area contributed by atoms with Crippen molar-refractivity contribution < 1.29 is 18.3 Å². The van der Waals surface area contributed by atoms with Gasteiger partial charge in [-0.1, -0.05) is 0 Å². The number of anilines is 3. The van der Waals surface area contributed by atoms with Gasteiger partial charge in [-0.15, -0.1) is 0 Å². The molecule has 3 aromatic heterocycles. The zero-order valence-electron chi connectivity index (χ0n) is 17.8. The van der Waals surface area contributed by atoms with Crippen molar-refractivity contribution in [3.63, 3.8) is 0 Å². The number of amides is 2. The summed E-state index contributed by atoms with van der Waals surface area (Å²) in [6.45, 7) is 2.13. The number of rotatable bonds is 4. The van der Waals surface area contributed by atoms with Crippen LogP contribution in [0.5, 0.6) is 5.88 Å². The van der Waals surface area contributed by atoms with Crippen LogP contribution in [0.1, 0.15) is 12.5 Å². The molecule has 1 saturated heterocycles. The van der Waals surface area contributed by atoms with Gasteiger partial charge in [-0.2, -0.15) is 23.8 Å². The zero-order valence-corrected chi connectivity index (χ0v) is 17.8. The molecule has 1 aliphatic rings. The molecule has 170 valence electrons. The molecule has 1 aliphatic heterocycles. The van der Waals surface area contributed by atoms with Gasteiger partial charge in [-0.25, -0.2) is 9.78 Å². The summed E-state index contributed by atoms with van der Waals surface area (Å²) >= 11 is 0. The number of carbonyl (C=O) groups is 1. The molecule has 0 radical (unpaired) electrons. The fraction of sp³-hybridized carbons (Fsp3) is 0.421. The SMILES string of the molecule is Cc1cc(OC(F)F)ncc1NC(=O)N1CCN(c2nc(N)nc3c2cnn3C)[C@@H](C)C1. The molecular weight excluding hydrogens is 424 g/mol. The van der Waals surface area contributed by atoms with Crippen molar-refractivity contribution in [2.24, 2.45) is 7.05 Å². The molecule has 0 aliphatic carbocycles. The first kappa shape index (κ1) is 21.5. The molecule has 0 aromatic carbocycles. The van der Waals surface area contributed by atoms with Crippen LogP contribution in [0, 0.1) is 6.92 Å². The highest BCUT2D eigenvalue weighted by molar-refractivity contribution is 5.91. The van der Waals surface area contributed by atoms with Crippen LogP contribution < -0.4 is 20.7 Å². The summed E-state index contributed by atoms with van der Waals surface area (Å²) in [6.07, 6.45) is 3.00. The molecule has 4 heterocycles. The lowest BCUT2D eigenvalue weighted by atomic mass is 10.2. The fourth-order valence-corrected chi connectivity index (χ4v) is 3.71. The van der Waals surface area contributed by atoms with Crippen LogP contribution in [0.4, 0.5) is 31.0 Å². The molecule has 1 atom stereocenters. The van der Waals surface area contributed by atoms with E-state index in [1.807, 2.05) is 6.92 Å². The van der Waals surface area contributed by atoms with E-state index in [0.717, 1.165) is 5.39 Å². The van der Waals surface area contributed by atoms with Crippen molar-refractivity contribution in [3.8, 4) is 5.88 Å². The molecule has 1 fully saturated rings. The third kappa shape index (κ3) is 4.18. The van der Waals surface area contributed by atoms with Crippen molar-refractivity contribution in [2.45, 2.75) is 26.5 Å². The van der Waals surface area contributed by atoms with Gasteiger partial charge in [0.1, 0.15) is 5.82 Å². The van der Waals surface area contributed by atoms with Crippen molar-refractivity contribution in [2.75, 3.05) is 35.6 Å². The molecule has 32 heavy (non-hydrogen) atoms. The summed E-state index contributed by atoms with van der Waals surface area (Å²) < 4.78 is 30.6. The molecule has 13 heteroatoms. The van der Waals surface area contributed by atoms with E-state index in [-0.39, 0.29) is 23.9 Å². The highest BCUT2D eigenvalue weighted by atomic mass is 19.3. The number of fused-ring (bicyclic) bond motifs is 1. The number of hydrogen-bond acceptors (Lipinski definition) is 8. The van der Waals surface area contributed by atoms with Crippen molar-refractivity contribution >= 4 is 34.5 Å². The van der Waals surface area contributed by atoms with E-state index in [4.69, 9.17) is 5.73 Å². The van der Waals surface area contributed by atoms with Gasteiger partial charge in [0, 0.05) is 38.8 Å². The number of aromatic nitrogens is 5. The Bertz CT molecular complexity index is 1150. The predicted octanol–water partition coefficient (Wildman–Crippen LogP) is 1.99. The van der Waals surface area contributed by atoms with Crippen LogP contribution in [0.2, 0.25) is 0 Å². The molecule has 0 bridgehead atoms. The van der Waals surface area contributed by atoms with Gasteiger partial charge in [0.15, 0.2) is 5.65 Å². The molecule has 4 rings (SSSR count). The van der Waals surface area contributed by atoms with Crippen LogP contribution in [-0.2, 0) is 7.05 Å². The highest BCUT2D eigenvalue weighted by Gasteiger charge is 2.30. The number of alkyl halides is 2. The number of piperazine rings is 1. The molecule has 2 amide bonds. The maximum atomic E-state index is 12.8. The van der Waals surface area contributed by atoms with Crippen LogP contribution in [0.25, 0.3) is 11.0 Å². The van der Waals surface area contributed by atoms with E-state index >= 15 is 0 Å². The number of pyridine rings is 1. The first-order chi connectivity index (χ1) is 15.2. The summed E-state index contributed by atoms with van der Waals surface area (Å²) in [6, 6.07) is 0.993. The predicted molar refractivity (Wildman–Crippen MR) is 114 cm³/mol. The lowest BCUT2D eigenvalue weighted by molar-refractivity contribution is -0.0528. The van der Waals surface area contributed by atoms with E-state index in [9.17, 15) is 13.6 Å². The second kappa shape index (κ2) is 8.40. The molecule has 3 N–H and O–H groups in total. The topological polar surface area (TPSA) is 127 Å². The number of nitrogen functional groups attached to an aromatic ring is 1. The number of ether oxygens (including phenoxy) is 1. The van der Waals surface area contributed by atoms with E-state index in [1.165, 1.54) is 12.3 Å². The summed E-state index contributed by atoms with van der Waals surface area (Å²) in [5.74, 6) is 0.636. The third-order valence-corrected chi connectivity index (χ3v) is 5.31. The summed E-state index contributed by atoms with van der Waals surface area (Å²) in [7, 11) is 1.78. The van der Waals surface area contributed by atoms with Gasteiger partial charge in [-0.3, -0.25) is 4.68 Å². The van der Waals surface area contributed by atoms with Crippen LogP contribution in [0.15, 0.2) is 18.5 Å². The number of halogens is 2. The van der Waals surface area contributed by atoms with Crippen LogP contribution >= 0.6 is 0 Å². The second-order valence-corrected chi connectivity index (χ2v) is 7.55.